The van der Waals surface area contributed by atoms with Gasteiger partial charge in [0, 0.05) is 24.8 Å². The summed E-state index contributed by atoms with van der Waals surface area (Å²) >= 11 is 0. The van der Waals surface area contributed by atoms with Gasteiger partial charge in [0.25, 0.3) is 0 Å². The summed E-state index contributed by atoms with van der Waals surface area (Å²) in [6, 6.07) is 1.95. The molecular formula is C16H28N2O2Si. The highest BCUT2D eigenvalue weighted by atomic mass is 28.4. The van der Waals surface area contributed by atoms with E-state index in [1.165, 1.54) is 0 Å². The summed E-state index contributed by atoms with van der Waals surface area (Å²) in [4.78, 5) is 4.05. The first-order valence-electron chi connectivity index (χ1n) is 7.69. The summed E-state index contributed by atoms with van der Waals surface area (Å²) in [6.45, 7) is 12.2. The first kappa shape index (κ1) is 16.5. The quantitative estimate of drug-likeness (QED) is 0.860. The van der Waals surface area contributed by atoms with E-state index in [1.54, 1.807) is 12.4 Å². The fourth-order valence-corrected chi connectivity index (χ4v) is 3.80. The minimum Gasteiger partial charge on any atom is -0.414 e. The Morgan fingerprint density at radius 1 is 1.38 bits per heavy atom. The number of pyridine rings is 1. The van der Waals surface area contributed by atoms with E-state index in [4.69, 9.17) is 14.9 Å². The molecule has 2 atom stereocenters. The molecule has 1 aromatic rings. The summed E-state index contributed by atoms with van der Waals surface area (Å²) in [5.74, 6) is 0. The van der Waals surface area contributed by atoms with Crippen LogP contribution in [0.5, 0.6) is 0 Å². The Balaban J connectivity index is 2.07. The molecule has 0 aromatic carbocycles. The second-order valence-electron chi connectivity index (χ2n) is 7.39. The lowest BCUT2D eigenvalue weighted by atomic mass is 9.99. The average Bonchev–Trinajstić information content (AvgIpc) is 2.37. The van der Waals surface area contributed by atoms with Crippen molar-refractivity contribution in [3.63, 3.8) is 0 Å². The Bertz CT molecular complexity index is 485. The molecule has 2 N–H and O–H groups in total. The van der Waals surface area contributed by atoms with Gasteiger partial charge >= 0.3 is 0 Å². The van der Waals surface area contributed by atoms with E-state index in [9.17, 15) is 0 Å². The van der Waals surface area contributed by atoms with Crippen molar-refractivity contribution in [2.24, 2.45) is 0 Å². The SMILES string of the molecule is CC(C)(C)[Si](C)(C)O[C@@H]1CCO[C@H](c2ccncc2N)C1. The Hall–Kier alpha value is -0.913. The van der Waals surface area contributed by atoms with Crippen molar-refractivity contribution < 1.29 is 9.16 Å². The molecule has 0 amide bonds. The van der Waals surface area contributed by atoms with Crippen molar-refractivity contribution in [1.29, 1.82) is 0 Å². The van der Waals surface area contributed by atoms with Crippen LogP contribution in [0, 0.1) is 0 Å². The molecule has 0 aliphatic carbocycles. The number of hydrogen-bond acceptors (Lipinski definition) is 4. The lowest BCUT2D eigenvalue weighted by Gasteiger charge is -2.41. The molecule has 21 heavy (non-hydrogen) atoms. The van der Waals surface area contributed by atoms with E-state index in [0.29, 0.717) is 5.69 Å². The van der Waals surface area contributed by atoms with Gasteiger partial charge in [-0.2, -0.15) is 0 Å². The molecule has 1 aromatic heterocycles. The van der Waals surface area contributed by atoms with Crippen LogP contribution in [0.15, 0.2) is 18.5 Å². The predicted molar refractivity (Wildman–Crippen MR) is 88.6 cm³/mol. The van der Waals surface area contributed by atoms with Gasteiger partial charge in [-0.25, -0.2) is 0 Å². The monoisotopic (exact) mass is 308 g/mol. The third-order valence-electron chi connectivity index (χ3n) is 4.74. The van der Waals surface area contributed by atoms with Gasteiger partial charge in [-0.15, -0.1) is 0 Å². The minimum absolute atomic E-state index is 0.0246. The van der Waals surface area contributed by atoms with Gasteiger partial charge in [-0.05, 0) is 30.6 Å². The zero-order valence-corrected chi connectivity index (χ0v) is 14.8. The van der Waals surface area contributed by atoms with E-state index >= 15 is 0 Å². The highest BCUT2D eigenvalue weighted by Gasteiger charge is 2.40. The molecule has 0 unspecified atom stereocenters. The zero-order valence-electron chi connectivity index (χ0n) is 13.8. The standard InChI is InChI=1S/C16H28N2O2Si/c1-16(2,3)21(4,5)20-12-7-9-19-15(10-12)13-6-8-18-11-14(13)17/h6,8,11-12,15H,7,9-10,17H2,1-5H3/t12-,15+/m1/s1. The molecule has 5 heteroatoms. The number of nitrogens with two attached hydrogens (primary N) is 1. The smallest absolute Gasteiger partial charge is 0.192 e. The normalized spacial score (nSPS) is 24.0. The average molecular weight is 308 g/mol. The summed E-state index contributed by atoms with van der Waals surface area (Å²) < 4.78 is 12.4. The second-order valence-corrected chi connectivity index (χ2v) is 12.1. The highest BCUT2D eigenvalue weighted by Crippen LogP contribution is 2.40. The van der Waals surface area contributed by atoms with Crippen LogP contribution in [0.2, 0.25) is 18.1 Å². The highest BCUT2D eigenvalue weighted by molar-refractivity contribution is 6.74. The Kier molecular flexibility index (Phi) is 4.75. The fraction of sp³-hybridized carbons (Fsp3) is 0.688. The minimum atomic E-state index is -1.74. The van der Waals surface area contributed by atoms with Crippen LogP contribution in [-0.4, -0.2) is 26.0 Å². The van der Waals surface area contributed by atoms with E-state index in [1.807, 2.05) is 6.07 Å². The van der Waals surface area contributed by atoms with E-state index in [-0.39, 0.29) is 17.2 Å². The maximum Gasteiger partial charge on any atom is 0.192 e. The van der Waals surface area contributed by atoms with Crippen LogP contribution in [-0.2, 0) is 9.16 Å². The molecule has 0 radical (unpaired) electrons. The number of nitrogens with zero attached hydrogens (tertiary/aromatic N) is 1. The van der Waals surface area contributed by atoms with Crippen LogP contribution >= 0.6 is 0 Å². The summed E-state index contributed by atoms with van der Waals surface area (Å²) in [6.07, 6.45) is 5.59. The number of hydrogen-bond donors (Lipinski definition) is 1. The molecule has 1 fully saturated rings. The Morgan fingerprint density at radius 2 is 2.10 bits per heavy atom. The van der Waals surface area contributed by atoms with Gasteiger partial charge in [0.1, 0.15) is 0 Å². The molecule has 4 nitrogen and oxygen atoms in total. The fourth-order valence-electron chi connectivity index (χ4n) is 2.39. The first-order chi connectivity index (χ1) is 9.71. The van der Waals surface area contributed by atoms with Gasteiger partial charge in [0.15, 0.2) is 8.32 Å². The molecular weight excluding hydrogens is 280 g/mol. The maximum absolute atomic E-state index is 6.54. The molecule has 1 aliphatic heterocycles. The maximum atomic E-state index is 6.54. The summed E-state index contributed by atoms with van der Waals surface area (Å²) in [5, 5.41) is 0.233. The lowest BCUT2D eigenvalue weighted by molar-refractivity contribution is -0.0399. The van der Waals surface area contributed by atoms with E-state index < -0.39 is 8.32 Å². The first-order valence-corrected chi connectivity index (χ1v) is 10.6. The predicted octanol–water partition coefficient (Wildman–Crippen LogP) is 3.91. The topological polar surface area (TPSA) is 57.4 Å². The largest absolute Gasteiger partial charge is 0.414 e. The number of rotatable bonds is 3. The molecule has 2 rings (SSSR count). The van der Waals surface area contributed by atoms with Crippen LogP contribution < -0.4 is 5.73 Å². The van der Waals surface area contributed by atoms with Gasteiger partial charge in [0.05, 0.1) is 24.1 Å². The molecule has 118 valence electrons. The number of anilines is 1. The van der Waals surface area contributed by atoms with Crippen LogP contribution in [0.4, 0.5) is 5.69 Å². The summed E-state index contributed by atoms with van der Waals surface area (Å²) in [7, 11) is -1.74. The molecule has 0 bridgehead atoms. The Morgan fingerprint density at radius 3 is 2.71 bits per heavy atom. The van der Waals surface area contributed by atoms with E-state index in [2.05, 4.69) is 38.8 Å². The van der Waals surface area contributed by atoms with Crippen LogP contribution in [0.3, 0.4) is 0 Å². The summed E-state index contributed by atoms with van der Waals surface area (Å²) in [5.41, 5.74) is 7.76. The third-order valence-corrected chi connectivity index (χ3v) is 9.27. The molecule has 0 spiro atoms. The zero-order chi connectivity index (χ0) is 15.7. The Labute approximate surface area is 129 Å². The van der Waals surface area contributed by atoms with Gasteiger partial charge in [-0.1, -0.05) is 20.8 Å². The van der Waals surface area contributed by atoms with Crippen molar-refractivity contribution in [1.82, 2.24) is 4.98 Å². The number of nitrogen functional groups attached to an aromatic ring is 1. The molecule has 0 saturated carbocycles. The third kappa shape index (κ3) is 3.84. The van der Waals surface area contributed by atoms with E-state index in [0.717, 1.165) is 25.0 Å². The van der Waals surface area contributed by atoms with Crippen molar-refractivity contribution in [2.75, 3.05) is 12.3 Å². The molecule has 1 saturated heterocycles. The van der Waals surface area contributed by atoms with Crippen molar-refractivity contribution in [3.8, 4) is 0 Å². The van der Waals surface area contributed by atoms with Crippen LogP contribution in [0.25, 0.3) is 0 Å². The van der Waals surface area contributed by atoms with Gasteiger partial charge < -0.3 is 14.9 Å². The van der Waals surface area contributed by atoms with Gasteiger partial charge in [-0.3, -0.25) is 4.98 Å². The number of ether oxygens (including phenoxy) is 1. The van der Waals surface area contributed by atoms with Gasteiger partial charge in [0.2, 0.25) is 0 Å². The van der Waals surface area contributed by atoms with Crippen molar-refractivity contribution in [2.45, 2.75) is 64.0 Å². The lowest BCUT2D eigenvalue weighted by Crippen LogP contribution is -2.45. The molecule has 1 aliphatic rings. The van der Waals surface area contributed by atoms with Crippen molar-refractivity contribution >= 4 is 14.0 Å². The van der Waals surface area contributed by atoms with Crippen LogP contribution in [0.1, 0.15) is 45.3 Å². The van der Waals surface area contributed by atoms with Crippen molar-refractivity contribution in [3.05, 3.63) is 24.0 Å². The molecule has 2 heterocycles. The number of aromatic nitrogens is 1. The second kappa shape index (κ2) is 6.06.